The van der Waals surface area contributed by atoms with E-state index in [9.17, 15) is 22.8 Å². The van der Waals surface area contributed by atoms with Gasteiger partial charge in [0, 0.05) is 13.2 Å². The zero-order valence-corrected chi connectivity index (χ0v) is 15.5. The summed E-state index contributed by atoms with van der Waals surface area (Å²) < 4.78 is 45.5. The minimum absolute atomic E-state index is 0.0854. The number of alkyl halides is 3. The van der Waals surface area contributed by atoms with Gasteiger partial charge in [-0.05, 0) is 44.9 Å². The molecule has 1 unspecified atom stereocenters. The molecule has 0 radical (unpaired) electrons. The quantitative estimate of drug-likeness (QED) is 0.624. The van der Waals surface area contributed by atoms with Crippen LogP contribution in [0, 0.1) is 13.8 Å². The van der Waals surface area contributed by atoms with Crippen molar-refractivity contribution in [3.05, 3.63) is 46.8 Å². The molecule has 1 atom stereocenters. The lowest BCUT2D eigenvalue weighted by Crippen LogP contribution is -2.36. The van der Waals surface area contributed by atoms with Crippen LogP contribution in [0.25, 0.3) is 5.69 Å². The molecule has 3 rings (SSSR count). The predicted molar refractivity (Wildman–Crippen MR) is 94.4 cm³/mol. The fourth-order valence-electron chi connectivity index (χ4n) is 3.24. The molecule has 2 heterocycles. The second-order valence-electron chi connectivity index (χ2n) is 6.68. The average molecular weight is 395 g/mol. The topological polar surface area (TPSA) is 73.2 Å². The van der Waals surface area contributed by atoms with Crippen LogP contribution >= 0.6 is 0 Å². The first-order chi connectivity index (χ1) is 13.2. The smallest absolute Gasteiger partial charge is 0.376 e. The fourth-order valence-corrected chi connectivity index (χ4v) is 3.24. The highest BCUT2D eigenvalue weighted by atomic mass is 19.4. The van der Waals surface area contributed by atoms with Gasteiger partial charge in [-0.25, -0.2) is 4.68 Å². The van der Waals surface area contributed by atoms with Gasteiger partial charge in [0.05, 0.1) is 34.3 Å². The van der Waals surface area contributed by atoms with E-state index in [4.69, 9.17) is 4.74 Å². The highest BCUT2D eigenvalue weighted by molar-refractivity contribution is 6.43. The van der Waals surface area contributed by atoms with Gasteiger partial charge in [-0.15, -0.1) is 0 Å². The number of Topliss-reactive ketones (excluding diaryl/α,β-unsaturated/α-hetero) is 1. The molecule has 1 fully saturated rings. The number of nitrogens with one attached hydrogen (secondary N) is 1. The Balaban J connectivity index is 1.83. The van der Waals surface area contributed by atoms with Crippen LogP contribution in [0.2, 0.25) is 0 Å². The SMILES string of the molecule is Cc1nn(-c2cccc(C(F)(F)F)c2)c(C)c1C(=O)C(=O)NCC1CCCO1. The van der Waals surface area contributed by atoms with Gasteiger partial charge in [-0.1, -0.05) is 6.07 Å². The van der Waals surface area contributed by atoms with Crippen molar-refractivity contribution in [1.29, 1.82) is 0 Å². The molecular weight excluding hydrogens is 375 g/mol. The Morgan fingerprint density at radius 3 is 2.71 bits per heavy atom. The van der Waals surface area contributed by atoms with Crippen LogP contribution in [0.15, 0.2) is 24.3 Å². The number of hydrogen-bond acceptors (Lipinski definition) is 4. The summed E-state index contributed by atoms with van der Waals surface area (Å²) >= 11 is 0. The summed E-state index contributed by atoms with van der Waals surface area (Å²) in [5.41, 5.74) is -0.00232. The molecule has 150 valence electrons. The number of amides is 1. The third kappa shape index (κ3) is 4.09. The van der Waals surface area contributed by atoms with Gasteiger partial charge in [0.15, 0.2) is 0 Å². The molecule has 6 nitrogen and oxygen atoms in total. The number of rotatable bonds is 5. The van der Waals surface area contributed by atoms with E-state index in [1.807, 2.05) is 0 Å². The van der Waals surface area contributed by atoms with Gasteiger partial charge in [-0.2, -0.15) is 18.3 Å². The molecule has 1 saturated heterocycles. The second-order valence-corrected chi connectivity index (χ2v) is 6.68. The lowest BCUT2D eigenvalue weighted by molar-refractivity contribution is -0.137. The molecule has 28 heavy (non-hydrogen) atoms. The third-order valence-corrected chi connectivity index (χ3v) is 4.66. The van der Waals surface area contributed by atoms with Gasteiger partial charge in [0.25, 0.3) is 11.7 Å². The zero-order chi connectivity index (χ0) is 20.5. The minimum atomic E-state index is -4.49. The predicted octanol–water partition coefficient (Wildman–Crippen LogP) is 2.99. The number of ketones is 1. The van der Waals surface area contributed by atoms with Gasteiger partial charge in [0.2, 0.25) is 0 Å². The summed E-state index contributed by atoms with van der Waals surface area (Å²) in [5.74, 6) is -1.56. The molecule has 1 aromatic heterocycles. The van der Waals surface area contributed by atoms with Crippen molar-refractivity contribution < 1.29 is 27.5 Å². The number of carbonyl (C=O) groups is 2. The van der Waals surface area contributed by atoms with E-state index in [0.717, 1.165) is 25.0 Å². The number of benzene rings is 1. The molecule has 1 N–H and O–H groups in total. The highest BCUT2D eigenvalue weighted by Crippen LogP contribution is 2.31. The molecule has 1 aromatic carbocycles. The lowest BCUT2D eigenvalue weighted by Gasteiger charge is -2.11. The number of ether oxygens (including phenoxy) is 1. The molecule has 1 aliphatic heterocycles. The van der Waals surface area contributed by atoms with E-state index >= 15 is 0 Å². The van der Waals surface area contributed by atoms with E-state index in [1.165, 1.54) is 23.7 Å². The number of carbonyl (C=O) groups excluding carboxylic acids is 2. The molecule has 0 saturated carbocycles. The number of nitrogens with zero attached hydrogens (tertiary/aromatic N) is 2. The van der Waals surface area contributed by atoms with Gasteiger partial charge in [0.1, 0.15) is 0 Å². The van der Waals surface area contributed by atoms with Gasteiger partial charge in [-0.3, -0.25) is 9.59 Å². The number of aryl methyl sites for hydroxylation is 1. The Morgan fingerprint density at radius 2 is 2.07 bits per heavy atom. The van der Waals surface area contributed by atoms with Crippen molar-refractivity contribution in [2.45, 2.75) is 39.0 Å². The first kappa shape index (κ1) is 20.1. The van der Waals surface area contributed by atoms with Crippen molar-refractivity contribution in [1.82, 2.24) is 15.1 Å². The van der Waals surface area contributed by atoms with Crippen LogP contribution in [-0.2, 0) is 15.7 Å². The van der Waals surface area contributed by atoms with E-state index in [0.29, 0.717) is 12.3 Å². The Labute approximate surface area is 159 Å². The number of halogens is 3. The Morgan fingerprint density at radius 1 is 1.32 bits per heavy atom. The maximum atomic E-state index is 13.0. The molecule has 0 bridgehead atoms. The van der Waals surface area contributed by atoms with Crippen LogP contribution in [0.5, 0.6) is 0 Å². The van der Waals surface area contributed by atoms with Gasteiger partial charge >= 0.3 is 6.18 Å². The van der Waals surface area contributed by atoms with Crippen molar-refractivity contribution in [3.8, 4) is 5.69 Å². The Bertz CT molecular complexity index is 900. The summed E-state index contributed by atoms with van der Waals surface area (Å²) in [4.78, 5) is 24.8. The summed E-state index contributed by atoms with van der Waals surface area (Å²) in [5, 5.41) is 6.72. The van der Waals surface area contributed by atoms with Crippen LogP contribution in [-0.4, -0.2) is 40.7 Å². The average Bonchev–Trinajstić information content (AvgIpc) is 3.26. The monoisotopic (exact) mass is 395 g/mol. The molecule has 1 aliphatic rings. The van der Waals surface area contributed by atoms with Crippen molar-refractivity contribution in [3.63, 3.8) is 0 Å². The van der Waals surface area contributed by atoms with E-state index < -0.39 is 23.4 Å². The number of hydrogen-bond donors (Lipinski definition) is 1. The zero-order valence-electron chi connectivity index (χ0n) is 15.5. The minimum Gasteiger partial charge on any atom is -0.376 e. The summed E-state index contributed by atoms with van der Waals surface area (Å²) in [6, 6.07) is 4.63. The van der Waals surface area contributed by atoms with E-state index in [1.54, 1.807) is 6.92 Å². The molecule has 0 spiro atoms. The van der Waals surface area contributed by atoms with Crippen molar-refractivity contribution >= 4 is 11.7 Å². The fraction of sp³-hybridized carbons (Fsp3) is 0.421. The third-order valence-electron chi connectivity index (χ3n) is 4.66. The Hall–Kier alpha value is -2.68. The van der Waals surface area contributed by atoms with E-state index in [-0.39, 0.29) is 29.6 Å². The maximum Gasteiger partial charge on any atom is 0.416 e. The van der Waals surface area contributed by atoms with Crippen LogP contribution in [0.4, 0.5) is 13.2 Å². The maximum absolute atomic E-state index is 13.0. The summed E-state index contributed by atoms with van der Waals surface area (Å²) in [6.45, 7) is 3.96. The summed E-state index contributed by atoms with van der Waals surface area (Å²) in [6.07, 6.45) is -2.87. The molecule has 2 aromatic rings. The standard InChI is InChI=1S/C19H20F3N3O3/c1-11-16(17(26)18(27)23-10-15-7-4-8-28-15)12(2)25(24-11)14-6-3-5-13(9-14)19(20,21)22/h3,5-6,9,15H,4,7-8,10H2,1-2H3,(H,23,27). The van der Waals surface area contributed by atoms with Crippen molar-refractivity contribution in [2.75, 3.05) is 13.2 Å². The van der Waals surface area contributed by atoms with Crippen molar-refractivity contribution in [2.24, 2.45) is 0 Å². The van der Waals surface area contributed by atoms with Crippen LogP contribution < -0.4 is 5.32 Å². The first-order valence-corrected chi connectivity index (χ1v) is 8.86. The van der Waals surface area contributed by atoms with Crippen LogP contribution in [0.3, 0.4) is 0 Å². The molecule has 1 amide bonds. The van der Waals surface area contributed by atoms with Gasteiger partial charge < -0.3 is 10.1 Å². The van der Waals surface area contributed by atoms with E-state index in [2.05, 4.69) is 10.4 Å². The normalized spacial score (nSPS) is 17.0. The summed E-state index contributed by atoms with van der Waals surface area (Å²) in [7, 11) is 0. The number of aromatic nitrogens is 2. The highest BCUT2D eigenvalue weighted by Gasteiger charge is 2.31. The largest absolute Gasteiger partial charge is 0.416 e. The molecular formula is C19H20F3N3O3. The molecule has 0 aliphatic carbocycles. The Kier molecular flexibility index (Phi) is 5.55. The first-order valence-electron chi connectivity index (χ1n) is 8.86. The second kappa shape index (κ2) is 7.75. The lowest BCUT2D eigenvalue weighted by atomic mass is 10.1. The van der Waals surface area contributed by atoms with Crippen LogP contribution in [0.1, 0.15) is 40.2 Å². The molecule has 9 heteroatoms.